The highest BCUT2D eigenvalue weighted by atomic mass is 31.2. The summed E-state index contributed by atoms with van der Waals surface area (Å²) in [5, 5.41) is 10.6. The van der Waals surface area contributed by atoms with Crippen molar-refractivity contribution in [2.45, 2.75) is 419 Å². The van der Waals surface area contributed by atoms with Gasteiger partial charge in [0.05, 0.1) is 26.4 Å². The first-order chi connectivity index (χ1) is 46.4. The maximum Gasteiger partial charge on any atom is 0.472 e. The van der Waals surface area contributed by atoms with E-state index in [1.807, 2.05) is 0 Å². The molecule has 0 rings (SSSR count). The lowest BCUT2D eigenvalue weighted by Crippen LogP contribution is -2.30. The Kier molecular flexibility index (Phi) is 67.4. The summed E-state index contributed by atoms with van der Waals surface area (Å²) < 4.78 is 68.6. The van der Waals surface area contributed by atoms with Crippen molar-refractivity contribution in [1.82, 2.24) is 0 Å². The number of phosphoric acid groups is 2. The molecule has 3 N–H and O–H groups in total. The van der Waals surface area contributed by atoms with Crippen LogP contribution >= 0.6 is 15.6 Å². The van der Waals surface area contributed by atoms with Gasteiger partial charge in [-0.15, -0.1) is 0 Å². The molecule has 0 aromatic heterocycles. The maximum absolute atomic E-state index is 13.1. The molecule has 0 amide bonds. The van der Waals surface area contributed by atoms with Gasteiger partial charge in [-0.2, -0.15) is 0 Å². The van der Waals surface area contributed by atoms with Crippen LogP contribution in [0.4, 0.5) is 0 Å². The standard InChI is InChI=1S/C77H150O17P2/c1-7-9-11-13-15-17-19-21-23-28-35-41-47-53-59-74(79)87-65-72(94-77(82)62-56-50-44-38-30-26-25-27-33-39-45-51-57-69(3)4)67-91-95(83,84)89-63-71(78)64-90-96(85,86)92-68-73(66-88-75(80)60-54-48-42-36-32-31-34-40-46-52-58-70(5)6)93-76(81)61-55-49-43-37-29-24-22-20-18-16-14-12-10-8-2/h69-73,78H,7-68H2,1-6H3,(H,83,84)(H,85,86)/t71-,72-,73-/m1/s1. The van der Waals surface area contributed by atoms with E-state index in [2.05, 4.69) is 41.5 Å². The highest BCUT2D eigenvalue weighted by Crippen LogP contribution is 2.45. The molecule has 0 saturated heterocycles. The Hall–Kier alpha value is -1.94. The Bertz CT molecular complexity index is 1860. The van der Waals surface area contributed by atoms with E-state index in [0.717, 1.165) is 102 Å². The Morgan fingerprint density at radius 3 is 0.708 bits per heavy atom. The molecule has 17 nitrogen and oxygen atoms in total. The Balaban J connectivity index is 5.27. The SMILES string of the molecule is CCCCCCCCCCCCCCCCC(=O)OC[C@H](COP(=O)(O)OC[C@@H](O)COP(=O)(O)OC[C@@H](COC(=O)CCCCCCCCCCCCC(C)C)OC(=O)CCCCCCCCCCCCCCCC)OC(=O)CCCCCCCCCCCCCCC(C)C. The van der Waals surface area contributed by atoms with Gasteiger partial charge in [0.25, 0.3) is 0 Å². The number of carbonyl (C=O) groups is 4. The number of hydrogen-bond donors (Lipinski definition) is 3. The second-order valence-electron chi connectivity index (χ2n) is 28.7. The van der Waals surface area contributed by atoms with Crippen LogP contribution in [-0.4, -0.2) is 96.7 Å². The lowest BCUT2D eigenvalue weighted by Gasteiger charge is -2.21. The molecular weight excluding hydrogens is 1260 g/mol. The van der Waals surface area contributed by atoms with Crippen molar-refractivity contribution >= 4 is 39.5 Å². The minimum Gasteiger partial charge on any atom is -0.462 e. The fraction of sp³-hybridized carbons (Fsp3) is 0.948. The lowest BCUT2D eigenvalue weighted by molar-refractivity contribution is -0.161. The second kappa shape index (κ2) is 68.8. The van der Waals surface area contributed by atoms with Crippen molar-refractivity contribution in [3.63, 3.8) is 0 Å². The zero-order chi connectivity index (χ0) is 70.7. The van der Waals surface area contributed by atoms with Gasteiger partial charge in [0.15, 0.2) is 12.2 Å². The molecule has 0 aliphatic carbocycles. The first-order valence-corrected chi connectivity index (χ1v) is 43.0. The number of rotatable bonds is 76. The van der Waals surface area contributed by atoms with Crippen LogP contribution in [0.25, 0.3) is 0 Å². The van der Waals surface area contributed by atoms with Gasteiger partial charge < -0.3 is 33.8 Å². The predicted octanol–water partition coefficient (Wildman–Crippen LogP) is 22.7. The molecule has 0 aromatic rings. The quantitative estimate of drug-likeness (QED) is 0.0222. The molecule has 19 heteroatoms. The fourth-order valence-electron chi connectivity index (χ4n) is 11.8. The molecule has 0 aliphatic rings. The molecule has 0 aromatic carbocycles. The summed E-state index contributed by atoms with van der Waals surface area (Å²) in [6, 6.07) is 0. The summed E-state index contributed by atoms with van der Waals surface area (Å²) >= 11 is 0. The van der Waals surface area contributed by atoms with Gasteiger partial charge in [-0.05, 0) is 37.5 Å². The zero-order valence-electron chi connectivity index (χ0n) is 62.7. The Morgan fingerprint density at radius 1 is 0.281 bits per heavy atom. The minimum atomic E-state index is -4.96. The van der Waals surface area contributed by atoms with Crippen LogP contribution in [0.1, 0.15) is 401 Å². The van der Waals surface area contributed by atoms with Gasteiger partial charge in [-0.1, -0.05) is 350 Å². The predicted molar refractivity (Wildman–Crippen MR) is 391 cm³/mol. The molecule has 0 saturated carbocycles. The Labute approximate surface area is 588 Å². The number of hydrogen-bond acceptors (Lipinski definition) is 15. The van der Waals surface area contributed by atoms with E-state index < -0.39 is 97.5 Å². The van der Waals surface area contributed by atoms with Crippen LogP contribution in [0.2, 0.25) is 0 Å². The monoisotopic (exact) mass is 1410 g/mol. The molecule has 0 bridgehead atoms. The topological polar surface area (TPSA) is 237 Å². The van der Waals surface area contributed by atoms with Crippen molar-refractivity contribution < 1.29 is 80.2 Å². The summed E-state index contributed by atoms with van der Waals surface area (Å²) in [7, 11) is -9.91. The molecule has 0 aliphatic heterocycles. The average Bonchev–Trinajstić information content (AvgIpc) is 2.02. The smallest absolute Gasteiger partial charge is 0.462 e. The van der Waals surface area contributed by atoms with Crippen molar-refractivity contribution in [3.05, 3.63) is 0 Å². The van der Waals surface area contributed by atoms with Crippen molar-refractivity contribution in [2.24, 2.45) is 11.8 Å². The zero-order valence-corrected chi connectivity index (χ0v) is 64.5. The summed E-state index contributed by atoms with van der Waals surface area (Å²) in [6.45, 7) is 9.62. The molecular formula is C77H150O17P2. The largest absolute Gasteiger partial charge is 0.472 e. The number of esters is 4. The van der Waals surface area contributed by atoms with E-state index >= 15 is 0 Å². The molecule has 570 valence electrons. The van der Waals surface area contributed by atoms with Crippen LogP contribution in [0, 0.1) is 11.8 Å². The summed E-state index contributed by atoms with van der Waals surface area (Å²) in [4.78, 5) is 72.9. The van der Waals surface area contributed by atoms with E-state index in [1.165, 1.54) is 218 Å². The number of aliphatic hydroxyl groups excluding tert-OH is 1. The third-order valence-electron chi connectivity index (χ3n) is 18.0. The minimum absolute atomic E-state index is 0.107. The third kappa shape index (κ3) is 70.5. The number of phosphoric ester groups is 2. The number of ether oxygens (including phenoxy) is 4. The van der Waals surface area contributed by atoms with E-state index in [0.29, 0.717) is 25.7 Å². The second-order valence-corrected chi connectivity index (χ2v) is 31.6. The van der Waals surface area contributed by atoms with E-state index in [4.69, 9.17) is 37.0 Å². The summed E-state index contributed by atoms with van der Waals surface area (Å²) in [5.74, 6) is -0.575. The van der Waals surface area contributed by atoms with Gasteiger partial charge in [0.1, 0.15) is 19.3 Å². The Morgan fingerprint density at radius 2 is 0.479 bits per heavy atom. The van der Waals surface area contributed by atoms with Gasteiger partial charge >= 0.3 is 39.5 Å². The van der Waals surface area contributed by atoms with Crippen LogP contribution in [0.15, 0.2) is 0 Å². The number of carbonyl (C=O) groups excluding carboxylic acids is 4. The van der Waals surface area contributed by atoms with Gasteiger partial charge in [-0.3, -0.25) is 37.3 Å². The molecule has 2 unspecified atom stereocenters. The normalized spacial score (nSPS) is 14.0. The van der Waals surface area contributed by atoms with Crippen LogP contribution in [0.5, 0.6) is 0 Å². The first-order valence-electron chi connectivity index (χ1n) is 40.0. The summed E-state index contributed by atoms with van der Waals surface area (Å²) in [6.07, 6.45) is 56.7. The van der Waals surface area contributed by atoms with Crippen LogP contribution < -0.4 is 0 Å². The molecule has 5 atom stereocenters. The molecule has 96 heavy (non-hydrogen) atoms. The van der Waals surface area contributed by atoms with Gasteiger partial charge in [-0.25, -0.2) is 9.13 Å². The fourth-order valence-corrected chi connectivity index (χ4v) is 13.4. The van der Waals surface area contributed by atoms with Gasteiger partial charge in [0, 0.05) is 25.7 Å². The average molecular weight is 1410 g/mol. The maximum atomic E-state index is 13.1. The third-order valence-corrected chi connectivity index (χ3v) is 19.9. The first kappa shape index (κ1) is 94.1. The molecule has 0 heterocycles. The molecule has 0 spiro atoms. The molecule has 0 fully saturated rings. The van der Waals surface area contributed by atoms with Crippen molar-refractivity contribution in [1.29, 1.82) is 0 Å². The molecule has 0 radical (unpaired) electrons. The van der Waals surface area contributed by atoms with Gasteiger partial charge in [0.2, 0.25) is 0 Å². The van der Waals surface area contributed by atoms with Crippen molar-refractivity contribution in [3.8, 4) is 0 Å². The highest BCUT2D eigenvalue weighted by Gasteiger charge is 2.30. The van der Waals surface area contributed by atoms with Crippen molar-refractivity contribution in [2.75, 3.05) is 39.6 Å². The van der Waals surface area contributed by atoms with Crippen LogP contribution in [0.3, 0.4) is 0 Å². The van der Waals surface area contributed by atoms with E-state index in [1.54, 1.807) is 0 Å². The number of aliphatic hydroxyl groups is 1. The van der Waals surface area contributed by atoms with E-state index in [9.17, 15) is 43.2 Å². The lowest BCUT2D eigenvalue weighted by atomic mass is 10.0. The highest BCUT2D eigenvalue weighted by molar-refractivity contribution is 7.47. The van der Waals surface area contributed by atoms with E-state index in [-0.39, 0.29) is 25.7 Å². The summed E-state index contributed by atoms with van der Waals surface area (Å²) in [5.41, 5.74) is 0. The van der Waals surface area contributed by atoms with Crippen LogP contribution in [-0.2, 0) is 65.4 Å². The number of unbranched alkanes of at least 4 members (excludes halogenated alkanes) is 46.